The van der Waals surface area contributed by atoms with Gasteiger partial charge in [0.2, 0.25) is 0 Å². The molecule has 0 atom stereocenters. The third-order valence-electron chi connectivity index (χ3n) is 4.35. The van der Waals surface area contributed by atoms with Crippen molar-refractivity contribution >= 4 is 6.03 Å². The molecule has 2 heterocycles. The van der Waals surface area contributed by atoms with Gasteiger partial charge in [0.1, 0.15) is 0 Å². The Morgan fingerprint density at radius 1 is 1.00 bits per heavy atom. The summed E-state index contributed by atoms with van der Waals surface area (Å²) in [5, 5.41) is 0. The van der Waals surface area contributed by atoms with Crippen molar-refractivity contribution in [3.05, 3.63) is 35.4 Å². The SMILES string of the molecule is O=C(N1CCOCC1)N1CCN(Cc2cccc(F)c2F)CC1. The number of rotatable bonds is 2. The normalized spacial score (nSPS) is 19.9. The lowest BCUT2D eigenvalue weighted by molar-refractivity contribution is 0.0372. The second kappa shape index (κ2) is 7.23. The molecule has 126 valence electrons. The Morgan fingerprint density at radius 3 is 2.35 bits per heavy atom. The molecule has 0 aromatic heterocycles. The number of carbonyl (C=O) groups excluding carboxylic acids is 1. The van der Waals surface area contributed by atoms with Crippen LogP contribution in [0, 0.1) is 11.6 Å². The number of amides is 2. The molecule has 23 heavy (non-hydrogen) atoms. The summed E-state index contributed by atoms with van der Waals surface area (Å²) in [4.78, 5) is 18.1. The lowest BCUT2D eigenvalue weighted by Crippen LogP contribution is -2.54. The van der Waals surface area contributed by atoms with Crippen LogP contribution >= 0.6 is 0 Å². The fraction of sp³-hybridized carbons (Fsp3) is 0.562. The third-order valence-corrected chi connectivity index (χ3v) is 4.35. The van der Waals surface area contributed by atoms with Crippen molar-refractivity contribution in [3.63, 3.8) is 0 Å². The Hall–Kier alpha value is -1.73. The van der Waals surface area contributed by atoms with E-state index in [0.717, 1.165) is 6.07 Å². The van der Waals surface area contributed by atoms with Crippen LogP contribution < -0.4 is 0 Å². The molecule has 1 aromatic rings. The summed E-state index contributed by atoms with van der Waals surface area (Å²) < 4.78 is 32.2. The number of carbonyl (C=O) groups is 1. The maximum absolute atomic E-state index is 13.7. The van der Waals surface area contributed by atoms with E-state index in [2.05, 4.69) is 0 Å². The van der Waals surface area contributed by atoms with Crippen molar-refractivity contribution in [1.29, 1.82) is 0 Å². The Balaban J connectivity index is 1.52. The second-order valence-electron chi connectivity index (χ2n) is 5.86. The number of hydrogen-bond donors (Lipinski definition) is 0. The predicted molar refractivity (Wildman–Crippen MR) is 81.0 cm³/mol. The zero-order chi connectivity index (χ0) is 16.2. The van der Waals surface area contributed by atoms with Gasteiger partial charge in [-0.25, -0.2) is 13.6 Å². The number of halogens is 2. The highest BCUT2D eigenvalue weighted by molar-refractivity contribution is 5.74. The summed E-state index contributed by atoms with van der Waals surface area (Å²) in [5.41, 5.74) is 0.359. The zero-order valence-corrected chi connectivity index (χ0v) is 13.0. The molecule has 0 unspecified atom stereocenters. The number of piperazine rings is 1. The van der Waals surface area contributed by atoms with Gasteiger partial charge in [0.15, 0.2) is 11.6 Å². The van der Waals surface area contributed by atoms with Crippen molar-refractivity contribution in [2.75, 3.05) is 52.5 Å². The van der Waals surface area contributed by atoms with Crippen LogP contribution in [-0.2, 0) is 11.3 Å². The Kier molecular flexibility index (Phi) is 5.07. The van der Waals surface area contributed by atoms with E-state index >= 15 is 0 Å². The standard InChI is InChI=1S/C16H21F2N3O2/c17-14-3-1-2-13(15(14)18)12-19-4-6-20(7-5-19)16(22)21-8-10-23-11-9-21/h1-3H,4-12H2. The van der Waals surface area contributed by atoms with Crippen LogP contribution in [0.3, 0.4) is 0 Å². The number of hydrogen-bond acceptors (Lipinski definition) is 3. The Labute approximate surface area is 134 Å². The maximum Gasteiger partial charge on any atom is 0.320 e. The van der Waals surface area contributed by atoms with Crippen LogP contribution in [-0.4, -0.2) is 73.2 Å². The van der Waals surface area contributed by atoms with E-state index in [1.165, 1.54) is 6.07 Å². The van der Waals surface area contributed by atoms with E-state index in [4.69, 9.17) is 4.74 Å². The van der Waals surface area contributed by atoms with Gasteiger partial charge < -0.3 is 14.5 Å². The highest BCUT2D eigenvalue weighted by Crippen LogP contribution is 2.15. The lowest BCUT2D eigenvalue weighted by atomic mass is 10.1. The molecule has 2 aliphatic rings. The number of benzene rings is 1. The Morgan fingerprint density at radius 2 is 1.65 bits per heavy atom. The minimum atomic E-state index is -0.816. The molecule has 3 rings (SSSR count). The molecule has 2 saturated heterocycles. The van der Waals surface area contributed by atoms with Gasteiger partial charge in [-0.2, -0.15) is 0 Å². The Bertz CT molecular complexity index is 556. The van der Waals surface area contributed by atoms with Gasteiger partial charge >= 0.3 is 6.03 Å². The molecule has 0 spiro atoms. The number of nitrogens with zero attached hydrogens (tertiary/aromatic N) is 3. The molecule has 1 aromatic carbocycles. The second-order valence-corrected chi connectivity index (χ2v) is 5.86. The van der Waals surface area contributed by atoms with Crippen molar-refractivity contribution < 1.29 is 18.3 Å². The average molecular weight is 325 g/mol. The predicted octanol–water partition coefficient (Wildman–Crippen LogP) is 1.53. The first-order chi connectivity index (χ1) is 11.1. The molecule has 2 fully saturated rings. The topological polar surface area (TPSA) is 36.0 Å². The van der Waals surface area contributed by atoms with E-state index in [-0.39, 0.29) is 6.03 Å². The number of ether oxygens (including phenoxy) is 1. The molecular formula is C16H21F2N3O2. The van der Waals surface area contributed by atoms with Crippen LogP contribution in [0.2, 0.25) is 0 Å². The van der Waals surface area contributed by atoms with Gasteiger partial charge in [0, 0.05) is 51.4 Å². The van der Waals surface area contributed by atoms with E-state index in [1.807, 2.05) is 14.7 Å². The summed E-state index contributed by atoms with van der Waals surface area (Å²) in [7, 11) is 0. The quantitative estimate of drug-likeness (QED) is 0.827. The highest BCUT2D eigenvalue weighted by atomic mass is 19.2. The van der Waals surface area contributed by atoms with Gasteiger partial charge in [-0.05, 0) is 6.07 Å². The fourth-order valence-electron chi connectivity index (χ4n) is 2.96. The van der Waals surface area contributed by atoms with Gasteiger partial charge in [-0.15, -0.1) is 0 Å². The van der Waals surface area contributed by atoms with Crippen LogP contribution in [0.15, 0.2) is 18.2 Å². The van der Waals surface area contributed by atoms with E-state index < -0.39 is 11.6 Å². The van der Waals surface area contributed by atoms with Crippen LogP contribution in [0.1, 0.15) is 5.56 Å². The van der Waals surface area contributed by atoms with Crippen molar-refractivity contribution in [1.82, 2.24) is 14.7 Å². The summed E-state index contributed by atoms with van der Waals surface area (Å²) in [6.07, 6.45) is 0. The number of urea groups is 1. The van der Waals surface area contributed by atoms with E-state index in [0.29, 0.717) is 64.6 Å². The summed E-state index contributed by atoms with van der Waals surface area (Å²) in [5.74, 6) is -1.59. The zero-order valence-electron chi connectivity index (χ0n) is 13.0. The van der Waals surface area contributed by atoms with Gasteiger partial charge in [-0.1, -0.05) is 12.1 Å². The van der Waals surface area contributed by atoms with Gasteiger partial charge in [0.25, 0.3) is 0 Å². The highest BCUT2D eigenvalue weighted by Gasteiger charge is 2.26. The van der Waals surface area contributed by atoms with Crippen LogP contribution in [0.4, 0.5) is 13.6 Å². The molecular weight excluding hydrogens is 304 g/mol. The molecule has 2 aliphatic heterocycles. The van der Waals surface area contributed by atoms with Gasteiger partial charge in [0.05, 0.1) is 13.2 Å². The average Bonchev–Trinajstić information content (AvgIpc) is 2.60. The van der Waals surface area contributed by atoms with Crippen molar-refractivity contribution in [2.24, 2.45) is 0 Å². The van der Waals surface area contributed by atoms with E-state index in [1.54, 1.807) is 6.07 Å². The maximum atomic E-state index is 13.7. The van der Waals surface area contributed by atoms with Gasteiger partial charge in [-0.3, -0.25) is 4.90 Å². The first kappa shape index (κ1) is 16.1. The molecule has 0 bridgehead atoms. The minimum Gasteiger partial charge on any atom is -0.378 e. The molecule has 0 aliphatic carbocycles. The summed E-state index contributed by atoms with van der Waals surface area (Å²) in [6, 6.07) is 4.29. The molecule has 7 heteroatoms. The first-order valence-electron chi connectivity index (χ1n) is 7.92. The molecule has 0 N–H and O–H groups in total. The van der Waals surface area contributed by atoms with Crippen molar-refractivity contribution in [3.8, 4) is 0 Å². The van der Waals surface area contributed by atoms with Crippen LogP contribution in [0.5, 0.6) is 0 Å². The monoisotopic (exact) mass is 325 g/mol. The minimum absolute atomic E-state index is 0.0462. The molecule has 0 saturated carbocycles. The largest absolute Gasteiger partial charge is 0.378 e. The number of morpholine rings is 1. The van der Waals surface area contributed by atoms with Crippen molar-refractivity contribution in [2.45, 2.75) is 6.54 Å². The first-order valence-corrected chi connectivity index (χ1v) is 7.92. The lowest BCUT2D eigenvalue weighted by Gasteiger charge is -2.38. The molecule has 5 nitrogen and oxygen atoms in total. The smallest absolute Gasteiger partial charge is 0.320 e. The van der Waals surface area contributed by atoms with Crippen LogP contribution in [0.25, 0.3) is 0 Å². The van der Waals surface area contributed by atoms with E-state index in [9.17, 15) is 13.6 Å². The third kappa shape index (κ3) is 3.79. The molecule has 2 amide bonds. The fourth-order valence-corrected chi connectivity index (χ4v) is 2.96. The summed E-state index contributed by atoms with van der Waals surface area (Å²) in [6.45, 7) is 5.33. The molecule has 0 radical (unpaired) electrons. The summed E-state index contributed by atoms with van der Waals surface area (Å²) >= 11 is 0.